The Morgan fingerprint density at radius 3 is 2.70 bits per heavy atom. The van der Waals surface area contributed by atoms with Crippen molar-refractivity contribution < 1.29 is 4.79 Å². The molecule has 1 unspecified atom stereocenters. The molecule has 0 aromatic heterocycles. The van der Waals surface area contributed by atoms with E-state index in [2.05, 4.69) is 28.5 Å². The zero-order valence-electron chi connectivity index (χ0n) is 18.7. The van der Waals surface area contributed by atoms with Gasteiger partial charge in [-0.3, -0.25) is 14.7 Å². The second kappa shape index (κ2) is 12.5. The number of nitrogens with one attached hydrogen (secondary N) is 2. The smallest absolute Gasteiger partial charge is 0.253 e. The maximum atomic E-state index is 12.2. The van der Waals surface area contributed by atoms with Crippen LogP contribution < -0.4 is 10.6 Å². The molecule has 1 heterocycles. The predicted octanol–water partition coefficient (Wildman–Crippen LogP) is 3.12. The number of rotatable bonds is 7. The largest absolute Gasteiger partial charge is 0.357 e. The Balaban J connectivity index is 0.00000320. The van der Waals surface area contributed by atoms with Crippen LogP contribution >= 0.6 is 24.0 Å². The Kier molecular flexibility index (Phi) is 10.4. The first kappa shape index (κ1) is 24.9. The highest BCUT2D eigenvalue weighted by Gasteiger charge is 2.30. The number of halogens is 1. The van der Waals surface area contributed by atoms with Gasteiger partial charge in [0, 0.05) is 57.9 Å². The highest BCUT2D eigenvalue weighted by Crippen LogP contribution is 2.26. The molecule has 2 N–H and O–H groups in total. The molecule has 1 atom stereocenters. The van der Waals surface area contributed by atoms with Crippen molar-refractivity contribution in [2.24, 2.45) is 4.99 Å². The number of nitrogens with zero attached hydrogens (tertiary/aromatic N) is 3. The number of benzene rings is 1. The molecule has 1 saturated heterocycles. The first-order chi connectivity index (χ1) is 14.1. The minimum absolute atomic E-state index is 0. The SMILES string of the molecule is CCNC(=NCCc1cccc(C(=O)N(C)C)c1)NC1CCN(C2CCCC2)C1.I. The number of guanidine groups is 1. The Bertz CT molecular complexity index is 703. The fourth-order valence-corrected chi connectivity index (χ4v) is 4.43. The summed E-state index contributed by atoms with van der Waals surface area (Å²) in [6.45, 7) is 6.00. The average Bonchev–Trinajstić information content (AvgIpc) is 3.39. The first-order valence-corrected chi connectivity index (χ1v) is 11.2. The molecule has 0 bridgehead atoms. The lowest BCUT2D eigenvalue weighted by molar-refractivity contribution is 0.0827. The Morgan fingerprint density at radius 1 is 1.23 bits per heavy atom. The van der Waals surface area contributed by atoms with Crippen LogP contribution in [-0.2, 0) is 6.42 Å². The Hall–Kier alpha value is -1.35. The van der Waals surface area contributed by atoms with Crippen molar-refractivity contribution in [3.8, 4) is 0 Å². The van der Waals surface area contributed by atoms with E-state index in [1.54, 1.807) is 19.0 Å². The summed E-state index contributed by atoms with van der Waals surface area (Å²) in [7, 11) is 3.56. The van der Waals surface area contributed by atoms with Crippen molar-refractivity contribution >= 4 is 35.8 Å². The normalized spacial score (nSPS) is 20.1. The van der Waals surface area contributed by atoms with Gasteiger partial charge in [-0.2, -0.15) is 0 Å². The fraction of sp³-hybridized carbons (Fsp3) is 0.652. The van der Waals surface area contributed by atoms with E-state index >= 15 is 0 Å². The van der Waals surface area contributed by atoms with Crippen molar-refractivity contribution in [1.29, 1.82) is 0 Å². The molecule has 1 aliphatic carbocycles. The maximum absolute atomic E-state index is 12.2. The molecule has 6 nitrogen and oxygen atoms in total. The van der Waals surface area contributed by atoms with Gasteiger partial charge in [0.25, 0.3) is 5.91 Å². The lowest BCUT2D eigenvalue weighted by Crippen LogP contribution is -2.45. The molecule has 7 heteroatoms. The zero-order chi connectivity index (χ0) is 20.6. The third-order valence-corrected chi connectivity index (χ3v) is 6.00. The summed E-state index contributed by atoms with van der Waals surface area (Å²) in [6.07, 6.45) is 7.54. The van der Waals surface area contributed by atoms with E-state index in [1.807, 2.05) is 18.2 Å². The van der Waals surface area contributed by atoms with Gasteiger partial charge >= 0.3 is 0 Å². The molecule has 1 aliphatic heterocycles. The van der Waals surface area contributed by atoms with Gasteiger partial charge in [0.1, 0.15) is 0 Å². The molecule has 0 radical (unpaired) electrons. The topological polar surface area (TPSA) is 60.0 Å². The van der Waals surface area contributed by atoms with Crippen LogP contribution in [0.25, 0.3) is 0 Å². The number of hydrogen-bond donors (Lipinski definition) is 2. The number of carbonyl (C=O) groups is 1. The zero-order valence-corrected chi connectivity index (χ0v) is 21.0. The summed E-state index contributed by atoms with van der Waals surface area (Å²) in [5.41, 5.74) is 1.88. The van der Waals surface area contributed by atoms with Crippen LogP contribution in [0.3, 0.4) is 0 Å². The van der Waals surface area contributed by atoms with Crippen molar-refractivity contribution in [3.63, 3.8) is 0 Å². The van der Waals surface area contributed by atoms with Gasteiger partial charge in [0.2, 0.25) is 0 Å². The number of aliphatic imine (C=N–C) groups is 1. The van der Waals surface area contributed by atoms with Gasteiger partial charge in [-0.25, -0.2) is 0 Å². The van der Waals surface area contributed by atoms with Crippen LogP contribution in [0, 0.1) is 0 Å². The van der Waals surface area contributed by atoms with E-state index in [-0.39, 0.29) is 29.9 Å². The van der Waals surface area contributed by atoms with Gasteiger partial charge in [0.05, 0.1) is 0 Å². The van der Waals surface area contributed by atoms with E-state index in [9.17, 15) is 4.79 Å². The molecule has 1 aromatic carbocycles. The van der Waals surface area contributed by atoms with Crippen LogP contribution in [0.2, 0.25) is 0 Å². The van der Waals surface area contributed by atoms with E-state index in [0.717, 1.165) is 42.6 Å². The average molecular weight is 527 g/mol. The lowest BCUT2D eigenvalue weighted by atomic mass is 10.1. The molecule has 168 valence electrons. The third kappa shape index (κ3) is 7.11. The monoisotopic (exact) mass is 527 g/mol. The number of likely N-dealkylation sites (tertiary alicyclic amines) is 1. The molecule has 0 spiro atoms. The molecule has 3 rings (SSSR count). The molecule has 1 amide bonds. The van der Waals surface area contributed by atoms with Crippen molar-refractivity contribution in [1.82, 2.24) is 20.4 Å². The molecular weight excluding hydrogens is 489 g/mol. The quantitative estimate of drug-likeness (QED) is 0.325. The van der Waals surface area contributed by atoms with Crippen LogP contribution in [0.15, 0.2) is 29.3 Å². The molecule has 2 aliphatic rings. The summed E-state index contributed by atoms with van der Waals surface area (Å²) in [5, 5.41) is 7.02. The van der Waals surface area contributed by atoms with Crippen LogP contribution in [-0.4, -0.2) is 74.0 Å². The number of amides is 1. The third-order valence-electron chi connectivity index (χ3n) is 6.00. The Labute approximate surface area is 198 Å². The maximum Gasteiger partial charge on any atom is 0.253 e. The van der Waals surface area contributed by atoms with Crippen molar-refractivity contribution in [3.05, 3.63) is 35.4 Å². The second-order valence-electron chi connectivity index (χ2n) is 8.47. The molecule has 1 aromatic rings. The van der Waals surface area contributed by atoms with Gasteiger partial charge < -0.3 is 15.5 Å². The van der Waals surface area contributed by atoms with Crippen LogP contribution in [0.4, 0.5) is 0 Å². The minimum Gasteiger partial charge on any atom is -0.357 e. The standard InChI is InChI=1S/C23H37N5O.HI/c1-4-24-23(26-20-13-15-28(17-20)21-10-5-6-11-21)25-14-12-18-8-7-9-19(16-18)22(29)27(2)3;/h7-9,16,20-21H,4-6,10-15,17H2,1-3H3,(H2,24,25,26);1H. The van der Waals surface area contributed by atoms with Crippen LogP contribution in [0.1, 0.15) is 54.9 Å². The molecule has 1 saturated carbocycles. The van der Waals surface area contributed by atoms with Gasteiger partial charge in [-0.05, 0) is 50.3 Å². The number of carbonyl (C=O) groups excluding carboxylic acids is 1. The van der Waals surface area contributed by atoms with E-state index in [0.29, 0.717) is 12.6 Å². The highest BCUT2D eigenvalue weighted by atomic mass is 127. The summed E-state index contributed by atoms with van der Waals surface area (Å²) >= 11 is 0. The minimum atomic E-state index is 0. The molecule has 2 fully saturated rings. The van der Waals surface area contributed by atoms with E-state index in [4.69, 9.17) is 4.99 Å². The second-order valence-corrected chi connectivity index (χ2v) is 8.47. The van der Waals surface area contributed by atoms with E-state index < -0.39 is 0 Å². The van der Waals surface area contributed by atoms with Crippen molar-refractivity contribution in [2.45, 2.75) is 57.5 Å². The Morgan fingerprint density at radius 2 is 2.00 bits per heavy atom. The summed E-state index contributed by atoms with van der Waals surface area (Å²) in [4.78, 5) is 21.2. The van der Waals surface area contributed by atoms with Gasteiger partial charge in [-0.15, -0.1) is 24.0 Å². The number of hydrogen-bond acceptors (Lipinski definition) is 3. The predicted molar refractivity (Wildman–Crippen MR) is 135 cm³/mol. The summed E-state index contributed by atoms with van der Waals surface area (Å²) < 4.78 is 0. The van der Waals surface area contributed by atoms with Crippen molar-refractivity contribution in [2.75, 3.05) is 40.3 Å². The van der Waals surface area contributed by atoms with Crippen LogP contribution in [0.5, 0.6) is 0 Å². The highest BCUT2D eigenvalue weighted by molar-refractivity contribution is 14.0. The molecular formula is C23H38IN5O. The van der Waals surface area contributed by atoms with E-state index in [1.165, 1.54) is 38.6 Å². The van der Waals surface area contributed by atoms with Gasteiger partial charge in [-0.1, -0.05) is 25.0 Å². The molecule has 30 heavy (non-hydrogen) atoms. The first-order valence-electron chi connectivity index (χ1n) is 11.2. The fourth-order valence-electron chi connectivity index (χ4n) is 4.43. The lowest BCUT2D eigenvalue weighted by Gasteiger charge is -2.24. The summed E-state index contributed by atoms with van der Waals surface area (Å²) in [5.74, 6) is 0.949. The summed E-state index contributed by atoms with van der Waals surface area (Å²) in [6, 6.07) is 9.16. The van der Waals surface area contributed by atoms with Gasteiger partial charge in [0.15, 0.2) is 5.96 Å².